The molecule has 0 saturated heterocycles. The maximum Gasteiger partial charge on any atom is 0.384 e. The van der Waals surface area contributed by atoms with Gasteiger partial charge in [0.05, 0.1) is 7.11 Å². The molecule has 0 N–H and O–H groups in total. The van der Waals surface area contributed by atoms with Gasteiger partial charge in [0, 0.05) is 0 Å². The molecule has 0 radical (unpaired) electrons. The van der Waals surface area contributed by atoms with Crippen LogP contribution in [0.25, 0.3) is 6.08 Å². The van der Waals surface area contributed by atoms with Gasteiger partial charge in [0.1, 0.15) is 11.5 Å². The molecule has 2 aromatic rings. The first-order chi connectivity index (χ1) is 15.4. The molecule has 0 amide bonds. The summed E-state index contributed by atoms with van der Waals surface area (Å²) in [6.07, 6.45) is 7.30. The normalized spacial score (nSPS) is 13.3. The van der Waals surface area contributed by atoms with Crippen LogP contribution in [0.4, 0.5) is 0 Å². The first-order valence-electron chi connectivity index (χ1n) is 11.2. The van der Waals surface area contributed by atoms with Crippen molar-refractivity contribution in [3.8, 4) is 11.5 Å². The monoisotopic (exact) mass is 448 g/mol. The number of benzene rings is 2. The summed E-state index contributed by atoms with van der Waals surface area (Å²) >= 11 is 0. The average molecular weight is 449 g/mol. The first kappa shape index (κ1) is 26.1. The van der Waals surface area contributed by atoms with E-state index in [0.29, 0.717) is 11.7 Å². The van der Waals surface area contributed by atoms with Crippen molar-refractivity contribution in [1.82, 2.24) is 0 Å². The summed E-state index contributed by atoms with van der Waals surface area (Å²) < 4.78 is 10.4. The zero-order valence-electron chi connectivity index (χ0n) is 20.8. The fourth-order valence-electron chi connectivity index (χ4n) is 3.55. The Bertz CT molecular complexity index is 982. The van der Waals surface area contributed by atoms with Gasteiger partial charge in [0.2, 0.25) is 0 Å². The number of carbonyl (C=O) groups excluding carboxylic acids is 2. The second-order valence-electron chi connectivity index (χ2n) is 10.5. The average Bonchev–Trinajstić information content (AvgIpc) is 2.74. The van der Waals surface area contributed by atoms with Crippen molar-refractivity contribution in [2.24, 2.45) is 10.8 Å². The number of carbonyl (C=O) groups is 2. The van der Waals surface area contributed by atoms with Crippen molar-refractivity contribution >= 4 is 17.8 Å². The van der Waals surface area contributed by atoms with Crippen LogP contribution in [0.5, 0.6) is 11.5 Å². The van der Waals surface area contributed by atoms with Crippen molar-refractivity contribution in [1.29, 1.82) is 0 Å². The van der Waals surface area contributed by atoms with Crippen LogP contribution >= 0.6 is 0 Å². The van der Waals surface area contributed by atoms with E-state index in [4.69, 9.17) is 9.47 Å². The van der Waals surface area contributed by atoms with Gasteiger partial charge in [-0.3, -0.25) is 4.79 Å². The number of allylic oxidation sites excluding steroid dienone is 2. The summed E-state index contributed by atoms with van der Waals surface area (Å²) in [4.78, 5) is 24.2. The van der Waals surface area contributed by atoms with E-state index in [9.17, 15) is 9.59 Å². The number of hydrogen-bond donors (Lipinski definition) is 0. The zero-order valence-corrected chi connectivity index (χ0v) is 20.8. The second kappa shape index (κ2) is 11.1. The molecule has 4 heteroatoms. The molecule has 1 atom stereocenters. The van der Waals surface area contributed by atoms with E-state index in [-0.39, 0.29) is 10.8 Å². The molecular weight excluding hydrogens is 412 g/mol. The van der Waals surface area contributed by atoms with Gasteiger partial charge in [0.15, 0.2) is 0 Å². The highest BCUT2D eigenvalue weighted by atomic mass is 16.5. The SMILES string of the molecule is COc1ccc(/C=C/C=C/C(=O)C(=O)Oc2ccc(C(CC(C)(C)C)C(C)(C)C)cc2)cc1. The van der Waals surface area contributed by atoms with Gasteiger partial charge in [0.25, 0.3) is 5.78 Å². The third kappa shape index (κ3) is 8.72. The Morgan fingerprint density at radius 3 is 1.94 bits per heavy atom. The maximum atomic E-state index is 12.2. The van der Waals surface area contributed by atoms with Crippen LogP contribution in [-0.2, 0) is 9.59 Å². The van der Waals surface area contributed by atoms with Crippen LogP contribution in [0.15, 0.2) is 66.8 Å². The van der Waals surface area contributed by atoms with Gasteiger partial charge in [-0.1, -0.05) is 84.0 Å². The zero-order chi connectivity index (χ0) is 24.6. The lowest BCUT2D eigenvalue weighted by molar-refractivity contribution is -0.144. The van der Waals surface area contributed by atoms with Crippen LogP contribution in [0, 0.1) is 10.8 Å². The predicted molar refractivity (Wildman–Crippen MR) is 135 cm³/mol. The number of ketones is 1. The summed E-state index contributed by atoms with van der Waals surface area (Å²) in [5.41, 5.74) is 2.46. The third-order valence-corrected chi connectivity index (χ3v) is 5.32. The van der Waals surface area contributed by atoms with Gasteiger partial charge in [-0.05, 0) is 64.6 Å². The molecule has 0 aliphatic carbocycles. The van der Waals surface area contributed by atoms with Crippen LogP contribution in [0.3, 0.4) is 0 Å². The van der Waals surface area contributed by atoms with Gasteiger partial charge in [-0.25, -0.2) is 4.79 Å². The highest BCUT2D eigenvalue weighted by molar-refractivity contribution is 6.38. The standard InChI is InChI=1S/C29H36O4/c1-28(2,3)20-25(29(4,5)6)22-14-18-24(19-15-22)33-27(31)26(30)11-9-8-10-21-12-16-23(32-7)17-13-21/h8-19,25H,20H2,1-7H3/b10-8+,11-9+. The second-order valence-corrected chi connectivity index (χ2v) is 10.5. The van der Waals surface area contributed by atoms with E-state index in [1.165, 1.54) is 17.7 Å². The molecule has 0 fully saturated rings. The number of methoxy groups -OCH3 is 1. The first-order valence-corrected chi connectivity index (χ1v) is 11.2. The van der Waals surface area contributed by atoms with E-state index in [1.54, 1.807) is 25.3 Å². The van der Waals surface area contributed by atoms with Gasteiger partial charge in [-0.15, -0.1) is 0 Å². The lowest BCUT2D eigenvalue weighted by Crippen LogP contribution is -2.24. The smallest absolute Gasteiger partial charge is 0.384 e. The minimum Gasteiger partial charge on any atom is -0.497 e. The number of ether oxygens (including phenoxy) is 2. The Hall–Kier alpha value is -3.14. The number of rotatable bonds is 8. The lowest BCUT2D eigenvalue weighted by Gasteiger charge is -2.36. The molecule has 0 spiro atoms. The summed E-state index contributed by atoms with van der Waals surface area (Å²) in [5, 5.41) is 0. The summed E-state index contributed by atoms with van der Waals surface area (Å²) in [6, 6.07) is 15.0. The topological polar surface area (TPSA) is 52.6 Å². The molecule has 0 bridgehead atoms. The highest BCUT2D eigenvalue weighted by Crippen LogP contribution is 2.43. The predicted octanol–water partition coefficient (Wildman–Crippen LogP) is 7.01. The van der Waals surface area contributed by atoms with E-state index in [2.05, 4.69) is 41.5 Å². The number of esters is 1. The van der Waals surface area contributed by atoms with Crippen LogP contribution in [0.1, 0.15) is 65.0 Å². The summed E-state index contributed by atoms with van der Waals surface area (Å²) in [5.74, 6) is -0.110. The molecular formula is C29H36O4. The molecule has 176 valence electrons. The Labute approximate surface area is 198 Å². The molecule has 0 aliphatic heterocycles. The van der Waals surface area contributed by atoms with Crippen LogP contribution in [-0.4, -0.2) is 18.9 Å². The van der Waals surface area contributed by atoms with Crippen LogP contribution < -0.4 is 9.47 Å². The lowest BCUT2D eigenvalue weighted by atomic mass is 9.69. The molecule has 1 unspecified atom stereocenters. The molecule has 2 rings (SSSR count). The van der Waals surface area contributed by atoms with Crippen LogP contribution in [0.2, 0.25) is 0 Å². The Kier molecular flexibility index (Phi) is 8.81. The molecule has 0 saturated carbocycles. The van der Waals surface area contributed by atoms with Crippen molar-refractivity contribution in [3.05, 3.63) is 77.9 Å². The van der Waals surface area contributed by atoms with E-state index in [0.717, 1.165) is 17.7 Å². The molecule has 0 aromatic heterocycles. The Balaban J connectivity index is 1.97. The minimum atomic E-state index is -0.904. The van der Waals surface area contributed by atoms with Crippen molar-refractivity contribution in [3.63, 3.8) is 0 Å². The van der Waals surface area contributed by atoms with Gasteiger partial charge in [-0.2, -0.15) is 0 Å². The van der Waals surface area contributed by atoms with E-state index < -0.39 is 11.8 Å². The molecule has 33 heavy (non-hydrogen) atoms. The fourth-order valence-corrected chi connectivity index (χ4v) is 3.55. The Morgan fingerprint density at radius 1 is 0.848 bits per heavy atom. The molecule has 2 aromatic carbocycles. The Morgan fingerprint density at radius 2 is 1.42 bits per heavy atom. The minimum absolute atomic E-state index is 0.103. The third-order valence-electron chi connectivity index (χ3n) is 5.32. The largest absolute Gasteiger partial charge is 0.497 e. The van der Waals surface area contributed by atoms with E-state index in [1.807, 2.05) is 42.5 Å². The molecule has 4 nitrogen and oxygen atoms in total. The quantitative estimate of drug-likeness (QED) is 0.143. The summed E-state index contributed by atoms with van der Waals surface area (Å²) in [7, 11) is 1.61. The highest BCUT2D eigenvalue weighted by Gasteiger charge is 2.30. The van der Waals surface area contributed by atoms with Gasteiger partial charge < -0.3 is 9.47 Å². The summed E-state index contributed by atoms with van der Waals surface area (Å²) in [6.45, 7) is 13.5. The molecule has 0 aliphatic rings. The van der Waals surface area contributed by atoms with Crippen molar-refractivity contribution < 1.29 is 19.1 Å². The van der Waals surface area contributed by atoms with Crippen molar-refractivity contribution in [2.45, 2.75) is 53.9 Å². The van der Waals surface area contributed by atoms with Crippen molar-refractivity contribution in [2.75, 3.05) is 7.11 Å². The number of hydrogen-bond acceptors (Lipinski definition) is 4. The fraction of sp³-hybridized carbons (Fsp3) is 0.379. The maximum absolute atomic E-state index is 12.2. The van der Waals surface area contributed by atoms with Gasteiger partial charge >= 0.3 is 5.97 Å². The molecule has 0 heterocycles. The van der Waals surface area contributed by atoms with E-state index >= 15 is 0 Å².